The summed E-state index contributed by atoms with van der Waals surface area (Å²) in [5.74, 6) is 0.285. The van der Waals surface area contributed by atoms with Crippen LogP contribution in [0.15, 0.2) is 30.3 Å². The molecule has 1 saturated carbocycles. The fourth-order valence-electron chi connectivity index (χ4n) is 3.30. The number of carbonyl (C=O) groups excluding carboxylic acids is 1. The number of pyridine rings is 1. The number of halogens is 2. The van der Waals surface area contributed by atoms with Crippen LogP contribution in [0, 0.1) is 6.92 Å². The topological polar surface area (TPSA) is 69.0 Å². The minimum Gasteiger partial charge on any atom is -0.435 e. The van der Waals surface area contributed by atoms with Gasteiger partial charge in [0.2, 0.25) is 0 Å². The van der Waals surface area contributed by atoms with Gasteiger partial charge in [-0.25, -0.2) is 4.98 Å². The number of aryl methyl sites for hydroxylation is 2. The molecule has 2 aromatic heterocycles. The first-order valence-corrected chi connectivity index (χ1v) is 9.08. The van der Waals surface area contributed by atoms with Gasteiger partial charge in [-0.15, -0.1) is 0 Å². The number of rotatable bonds is 6. The zero-order valence-electron chi connectivity index (χ0n) is 15.6. The number of nitrogens with zero attached hydrogens (tertiary/aromatic N) is 3. The van der Waals surface area contributed by atoms with Gasteiger partial charge in [-0.2, -0.15) is 13.9 Å². The molecule has 3 aromatic rings. The maximum absolute atomic E-state index is 12.9. The van der Waals surface area contributed by atoms with Gasteiger partial charge in [0.15, 0.2) is 5.65 Å². The summed E-state index contributed by atoms with van der Waals surface area (Å²) in [5.41, 5.74) is 3.74. The third-order valence-corrected chi connectivity index (χ3v) is 4.83. The third kappa shape index (κ3) is 3.67. The van der Waals surface area contributed by atoms with Crippen molar-refractivity contribution in [3.05, 3.63) is 52.8 Å². The molecule has 6 nitrogen and oxygen atoms in total. The zero-order chi connectivity index (χ0) is 19.8. The van der Waals surface area contributed by atoms with Crippen molar-refractivity contribution in [2.24, 2.45) is 7.05 Å². The van der Waals surface area contributed by atoms with E-state index in [0.717, 1.165) is 35.2 Å². The predicted molar refractivity (Wildman–Crippen MR) is 99.5 cm³/mol. The Bertz CT molecular complexity index is 1030. The molecule has 1 amide bonds. The molecule has 0 radical (unpaired) electrons. The van der Waals surface area contributed by atoms with Crippen LogP contribution in [-0.2, 0) is 13.6 Å². The van der Waals surface area contributed by atoms with Crippen molar-refractivity contribution >= 4 is 16.9 Å². The Morgan fingerprint density at radius 1 is 1.32 bits per heavy atom. The lowest BCUT2D eigenvalue weighted by atomic mass is 10.1. The van der Waals surface area contributed by atoms with E-state index in [9.17, 15) is 13.6 Å². The number of carbonyl (C=O) groups is 1. The van der Waals surface area contributed by atoms with E-state index in [1.165, 1.54) is 12.1 Å². The van der Waals surface area contributed by atoms with Gasteiger partial charge in [-0.05, 0) is 43.5 Å². The molecule has 4 rings (SSSR count). The number of hydrogen-bond donors (Lipinski definition) is 1. The molecule has 0 spiro atoms. The molecule has 1 aromatic carbocycles. The molecular weight excluding hydrogens is 366 g/mol. The normalized spacial score (nSPS) is 13.9. The van der Waals surface area contributed by atoms with E-state index < -0.39 is 6.61 Å². The van der Waals surface area contributed by atoms with Gasteiger partial charge in [-0.1, -0.05) is 12.1 Å². The van der Waals surface area contributed by atoms with Crippen molar-refractivity contribution in [3.63, 3.8) is 0 Å². The van der Waals surface area contributed by atoms with Crippen LogP contribution in [0.3, 0.4) is 0 Å². The summed E-state index contributed by atoms with van der Waals surface area (Å²) in [5, 5.41) is 8.06. The van der Waals surface area contributed by atoms with Crippen LogP contribution in [0.1, 0.15) is 46.1 Å². The minimum atomic E-state index is -2.86. The number of benzene rings is 1. The van der Waals surface area contributed by atoms with Gasteiger partial charge < -0.3 is 10.1 Å². The number of hydrogen-bond acceptors (Lipinski definition) is 4. The Hall–Kier alpha value is -3.03. The maximum atomic E-state index is 12.9. The predicted octanol–water partition coefficient (Wildman–Crippen LogP) is 3.69. The summed E-state index contributed by atoms with van der Waals surface area (Å²) >= 11 is 0. The number of nitrogens with one attached hydrogen (secondary N) is 1. The lowest BCUT2D eigenvalue weighted by Crippen LogP contribution is -2.23. The second-order valence-corrected chi connectivity index (χ2v) is 6.98. The fraction of sp³-hybridized carbons (Fsp3) is 0.350. The van der Waals surface area contributed by atoms with E-state index in [1.54, 1.807) is 16.8 Å². The standard InChI is InChI=1S/C20H20F2N4O2/c1-11-17-15(9-16(13-5-6-13)24-18(17)26(2)25-11)19(27)23-10-12-3-7-14(8-4-12)28-20(21)22/h3-4,7-9,13,20H,5-6,10H2,1-2H3,(H,23,27). The van der Waals surface area contributed by atoms with Crippen LogP contribution in [0.25, 0.3) is 11.0 Å². The Morgan fingerprint density at radius 2 is 2.04 bits per heavy atom. The van der Waals surface area contributed by atoms with Crippen molar-refractivity contribution < 1.29 is 18.3 Å². The second-order valence-electron chi connectivity index (χ2n) is 6.98. The van der Waals surface area contributed by atoms with Gasteiger partial charge in [0.05, 0.1) is 16.6 Å². The SMILES string of the molecule is Cc1nn(C)c2nc(C3CC3)cc(C(=O)NCc3ccc(OC(F)F)cc3)c12. The van der Waals surface area contributed by atoms with Gasteiger partial charge in [0, 0.05) is 25.2 Å². The van der Waals surface area contributed by atoms with Crippen LogP contribution < -0.4 is 10.1 Å². The zero-order valence-corrected chi connectivity index (χ0v) is 15.6. The molecule has 1 aliphatic rings. The smallest absolute Gasteiger partial charge is 0.387 e. The van der Waals surface area contributed by atoms with E-state index >= 15 is 0 Å². The molecule has 28 heavy (non-hydrogen) atoms. The Kier molecular flexibility index (Phi) is 4.70. The number of ether oxygens (including phenoxy) is 1. The lowest BCUT2D eigenvalue weighted by Gasteiger charge is -2.10. The van der Waals surface area contributed by atoms with E-state index in [0.29, 0.717) is 17.1 Å². The summed E-state index contributed by atoms with van der Waals surface area (Å²) in [6.45, 7) is -0.724. The van der Waals surface area contributed by atoms with Crippen LogP contribution in [0.5, 0.6) is 5.75 Å². The molecule has 0 unspecified atom stereocenters. The van der Waals surface area contributed by atoms with Gasteiger partial charge in [0.1, 0.15) is 5.75 Å². The molecule has 0 bridgehead atoms. The highest BCUT2D eigenvalue weighted by molar-refractivity contribution is 6.06. The average Bonchev–Trinajstić information content (AvgIpc) is 3.46. The quantitative estimate of drug-likeness (QED) is 0.702. The summed E-state index contributed by atoms with van der Waals surface area (Å²) in [7, 11) is 1.82. The Labute approximate surface area is 160 Å². The number of aromatic nitrogens is 3. The molecule has 2 heterocycles. The number of amides is 1. The Morgan fingerprint density at radius 3 is 2.68 bits per heavy atom. The van der Waals surface area contributed by atoms with Crippen molar-refractivity contribution in [2.45, 2.75) is 38.8 Å². The molecule has 1 N–H and O–H groups in total. The maximum Gasteiger partial charge on any atom is 0.387 e. The van der Waals surface area contributed by atoms with Crippen LogP contribution in [-0.4, -0.2) is 27.3 Å². The number of alkyl halides is 2. The monoisotopic (exact) mass is 386 g/mol. The van der Waals surface area contributed by atoms with Gasteiger partial charge in [-0.3, -0.25) is 9.48 Å². The van der Waals surface area contributed by atoms with Crippen molar-refractivity contribution in [2.75, 3.05) is 0 Å². The Balaban J connectivity index is 1.55. The lowest BCUT2D eigenvalue weighted by molar-refractivity contribution is -0.0498. The van der Waals surface area contributed by atoms with Crippen LogP contribution in [0.4, 0.5) is 8.78 Å². The number of fused-ring (bicyclic) bond motifs is 1. The fourth-order valence-corrected chi connectivity index (χ4v) is 3.30. The highest BCUT2D eigenvalue weighted by Crippen LogP contribution is 2.40. The van der Waals surface area contributed by atoms with E-state index in [1.807, 2.05) is 20.0 Å². The summed E-state index contributed by atoms with van der Waals surface area (Å²) in [6.07, 6.45) is 2.17. The van der Waals surface area contributed by atoms with Crippen LogP contribution in [0.2, 0.25) is 0 Å². The molecule has 1 aliphatic carbocycles. The highest BCUT2D eigenvalue weighted by Gasteiger charge is 2.28. The van der Waals surface area contributed by atoms with E-state index in [2.05, 4.69) is 15.2 Å². The molecule has 0 aliphatic heterocycles. The minimum absolute atomic E-state index is 0.0842. The largest absolute Gasteiger partial charge is 0.435 e. The van der Waals surface area contributed by atoms with Crippen molar-refractivity contribution in [1.82, 2.24) is 20.1 Å². The van der Waals surface area contributed by atoms with E-state index in [-0.39, 0.29) is 18.2 Å². The molecule has 0 saturated heterocycles. The highest BCUT2D eigenvalue weighted by atomic mass is 19.3. The first-order chi connectivity index (χ1) is 13.4. The second kappa shape index (κ2) is 7.18. The van der Waals surface area contributed by atoms with Gasteiger partial charge in [0.25, 0.3) is 5.91 Å². The van der Waals surface area contributed by atoms with Crippen molar-refractivity contribution in [1.29, 1.82) is 0 Å². The van der Waals surface area contributed by atoms with Gasteiger partial charge >= 0.3 is 6.61 Å². The average molecular weight is 386 g/mol. The first kappa shape index (κ1) is 18.3. The molecule has 146 valence electrons. The van der Waals surface area contributed by atoms with E-state index in [4.69, 9.17) is 4.98 Å². The summed E-state index contributed by atoms with van der Waals surface area (Å²) < 4.78 is 30.5. The third-order valence-electron chi connectivity index (χ3n) is 4.83. The van der Waals surface area contributed by atoms with Crippen LogP contribution >= 0.6 is 0 Å². The summed E-state index contributed by atoms with van der Waals surface area (Å²) in [4.78, 5) is 17.6. The molecular formula is C20H20F2N4O2. The molecule has 1 fully saturated rings. The first-order valence-electron chi connectivity index (χ1n) is 9.08. The molecule has 8 heteroatoms. The summed E-state index contributed by atoms with van der Waals surface area (Å²) in [6, 6.07) is 8.06. The molecule has 0 atom stereocenters. The van der Waals surface area contributed by atoms with Crippen molar-refractivity contribution in [3.8, 4) is 5.75 Å².